The van der Waals surface area contributed by atoms with Gasteiger partial charge in [0.1, 0.15) is 24.2 Å². The zero-order valence-corrected chi connectivity index (χ0v) is 24.3. The third-order valence-corrected chi connectivity index (χ3v) is 7.47. The lowest BCUT2D eigenvalue weighted by molar-refractivity contribution is -0.219. The molecule has 2 aliphatic heterocycles. The summed E-state index contributed by atoms with van der Waals surface area (Å²) in [6, 6.07) is 0. The van der Waals surface area contributed by atoms with Gasteiger partial charge in [-0.25, -0.2) is 9.97 Å². The molecule has 1 amide bonds. The van der Waals surface area contributed by atoms with Crippen LogP contribution in [0.15, 0.2) is 35.6 Å². The Bertz CT molecular complexity index is 1100. The molecule has 1 aromatic heterocycles. The summed E-state index contributed by atoms with van der Waals surface area (Å²) in [5.74, 6) is -1.64. The van der Waals surface area contributed by atoms with E-state index < -0.39 is 54.9 Å². The summed E-state index contributed by atoms with van der Waals surface area (Å²) in [4.78, 5) is 37.3. The summed E-state index contributed by atoms with van der Waals surface area (Å²) < 4.78 is 5.85. The predicted molar refractivity (Wildman–Crippen MR) is 158 cm³/mol. The number of anilines is 1. The van der Waals surface area contributed by atoms with Crippen LogP contribution in [0.5, 0.6) is 0 Å². The van der Waals surface area contributed by atoms with Gasteiger partial charge in [-0.1, -0.05) is 63.7 Å². The Labute approximate surface area is 247 Å². The fraction of sp³-hybridized carbons (Fsp3) is 0.633. The number of aromatic nitrogens is 2. The van der Waals surface area contributed by atoms with E-state index in [0.717, 1.165) is 12.8 Å². The fourth-order valence-electron chi connectivity index (χ4n) is 5.09. The molecule has 0 spiro atoms. The summed E-state index contributed by atoms with van der Waals surface area (Å²) in [5.41, 5.74) is 1.16. The van der Waals surface area contributed by atoms with Crippen molar-refractivity contribution in [2.45, 2.75) is 102 Å². The number of nitrogens with zero attached hydrogens (tertiary/aromatic N) is 3. The lowest BCUT2D eigenvalue weighted by atomic mass is 9.82. The first-order valence-electron chi connectivity index (χ1n) is 14.9. The molecule has 0 radical (unpaired) electrons. The Morgan fingerprint density at radius 1 is 1.10 bits per heavy atom. The van der Waals surface area contributed by atoms with Crippen LogP contribution in [0.3, 0.4) is 0 Å². The molecular formula is C30H45N5O7. The average Bonchev–Trinajstić information content (AvgIpc) is 3.48. The average molecular weight is 588 g/mol. The zero-order valence-electron chi connectivity index (χ0n) is 24.3. The number of aliphatic hydroxyl groups is 4. The molecule has 6 unspecified atom stereocenters. The largest absolute Gasteiger partial charge is 0.394 e. The zero-order chi connectivity index (χ0) is 30.3. The van der Waals surface area contributed by atoms with Gasteiger partial charge in [0.15, 0.2) is 17.8 Å². The molecule has 0 aliphatic carbocycles. The number of aliphatic imine (C=N–C) groups is 1. The standard InChI is InChI=1S/C30H45N5O7/c1-2-3-4-5-6-7-8-9-10-11-12-13-24(39)32-17-20(37)16-21-26(40)27(41)30(42-28(21)23(38)18-36)35-29-25-22(14-15-31-25)33-19-34-29/h10-13,15,19,21,23,26-28,30,36,38,40-41H,2-9,14,16-18H2,1H3,(H,32,39)(H,33,34,35)/b11-10+,13-12+. The number of Topliss-reactive ketones (excluding diaryl/α,β-unsaturated/α-hetero) is 1. The van der Waals surface area contributed by atoms with E-state index in [0.29, 0.717) is 17.8 Å². The number of amides is 1. The first-order chi connectivity index (χ1) is 20.3. The van der Waals surface area contributed by atoms with E-state index in [1.165, 1.54) is 50.9 Å². The summed E-state index contributed by atoms with van der Waals surface area (Å²) in [5, 5.41) is 47.1. The Hall–Kier alpha value is -3.03. The maximum Gasteiger partial charge on any atom is 0.244 e. The molecule has 0 bridgehead atoms. The Morgan fingerprint density at radius 3 is 2.62 bits per heavy atom. The maximum absolute atomic E-state index is 12.7. The van der Waals surface area contributed by atoms with Gasteiger partial charge in [-0.15, -0.1) is 0 Å². The summed E-state index contributed by atoms with van der Waals surface area (Å²) >= 11 is 0. The van der Waals surface area contributed by atoms with Crippen LogP contribution in [-0.2, 0) is 20.7 Å². The summed E-state index contributed by atoms with van der Waals surface area (Å²) in [7, 11) is 0. The normalized spacial score (nSPS) is 24.3. The number of unbranched alkanes of at least 4 members (excludes halogenated alkanes) is 7. The SMILES string of the molecule is CCCCCCCCC/C=C/C=C/C(=O)NCC(=O)CC1C(O)C(O)C(Nc2ncnc3c2N=CC3)OC1C(O)CO. The van der Waals surface area contributed by atoms with Crippen molar-refractivity contribution >= 4 is 29.4 Å². The first-order valence-corrected chi connectivity index (χ1v) is 14.9. The van der Waals surface area contributed by atoms with Crippen molar-refractivity contribution in [1.82, 2.24) is 15.3 Å². The molecule has 6 atom stereocenters. The molecule has 0 aromatic carbocycles. The highest BCUT2D eigenvalue weighted by atomic mass is 16.5. The van der Waals surface area contributed by atoms with Gasteiger partial charge < -0.3 is 35.8 Å². The highest BCUT2D eigenvalue weighted by molar-refractivity contribution is 5.92. The minimum Gasteiger partial charge on any atom is -0.394 e. The van der Waals surface area contributed by atoms with Gasteiger partial charge in [-0.2, -0.15) is 0 Å². The fourth-order valence-corrected chi connectivity index (χ4v) is 5.09. The van der Waals surface area contributed by atoms with Crippen LogP contribution in [0, 0.1) is 5.92 Å². The van der Waals surface area contributed by atoms with Crippen molar-refractivity contribution in [2.75, 3.05) is 18.5 Å². The van der Waals surface area contributed by atoms with Crippen LogP contribution in [0.25, 0.3) is 0 Å². The van der Waals surface area contributed by atoms with E-state index in [2.05, 4.69) is 32.5 Å². The van der Waals surface area contributed by atoms with Gasteiger partial charge in [-0.3, -0.25) is 14.6 Å². The lowest BCUT2D eigenvalue weighted by Gasteiger charge is -2.44. The number of fused-ring (bicyclic) bond motifs is 1. The van der Waals surface area contributed by atoms with E-state index in [1.54, 1.807) is 12.3 Å². The van der Waals surface area contributed by atoms with Gasteiger partial charge in [0.25, 0.3) is 0 Å². The number of hydrogen-bond donors (Lipinski definition) is 6. The molecule has 6 N–H and O–H groups in total. The molecule has 1 aromatic rings. The Kier molecular flexibility index (Phi) is 14.2. The van der Waals surface area contributed by atoms with Crippen LogP contribution in [0.2, 0.25) is 0 Å². The summed E-state index contributed by atoms with van der Waals surface area (Å²) in [6.07, 6.45) is 12.8. The molecule has 1 saturated heterocycles. The monoisotopic (exact) mass is 587 g/mol. The van der Waals surface area contributed by atoms with Crippen LogP contribution in [-0.4, -0.2) is 92.1 Å². The second-order valence-electron chi connectivity index (χ2n) is 10.8. The van der Waals surface area contributed by atoms with Gasteiger partial charge in [-0.05, 0) is 12.8 Å². The van der Waals surface area contributed by atoms with Crippen LogP contribution in [0.4, 0.5) is 11.5 Å². The van der Waals surface area contributed by atoms with E-state index in [-0.39, 0.29) is 18.8 Å². The molecule has 2 aliphatic rings. The number of carbonyl (C=O) groups is 2. The van der Waals surface area contributed by atoms with Gasteiger partial charge in [0, 0.05) is 31.1 Å². The smallest absolute Gasteiger partial charge is 0.244 e. The van der Waals surface area contributed by atoms with E-state index >= 15 is 0 Å². The van der Waals surface area contributed by atoms with Crippen molar-refractivity contribution < 1.29 is 34.8 Å². The van der Waals surface area contributed by atoms with Crippen molar-refractivity contribution in [3.8, 4) is 0 Å². The van der Waals surface area contributed by atoms with Crippen molar-refractivity contribution in [3.05, 3.63) is 36.3 Å². The number of allylic oxidation sites excluding steroid dienone is 3. The second-order valence-corrected chi connectivity index (χ2v) is 10.8. The number of nitrogens with one attached hydrogen (secondary N) is 2. The number of rotatable bonds is 18. The van der Waals surface area contributed by atoms with Crippen LogP contribution < -0.4 is 10.6 Å². The van der Waals surface area contributed by atoms with Gasteiger partial charge in [0.2, 0.25) is 5.91 Å². The topological polar surface area (TPSA) is 186 Å². The Balaban J connectivity index is 1.45. The van der Waals surface area contributed by atoms with Gasteiger partial charge >= 0.3 is 0 Å². The molecular weight excluding hydrogens is 542 g/mol. The highest BCUT2D eigenvalue weighted by Crippen LogP contribution is 2.34. The van der Waals surface area contributed by atoms with E-state index in [1.807, 2.05) is 12.2 Å². The maximum atomic E-state index is 12.7. The minimum atomic E-state index is -1.49. The lowest BCUT2D eigenvalue weighted by Crippen LogP contribution is -2.60. The van der Waals surface area contributed by atoms with Crippen molar-refractivity contribution in [2.24, 2.45) is 10.9 Å². The van der Waals surface area contributed by atoms with Crippen LogP contribution >= 0.6 is 0 Å². The molecule has 0 saturated carbocycles. The number of ketones is 1. The second kappa shape index (κ2) is 17.8. The third kappa shape index (κ3) is 10.1. The molecule has 232 valence electrons. The number of hydrogen-bond acceptors (Lipinski definition) is 11. The third-order valence-electron chi connectivity index (χ3n) is 7.47. The summed E-state index contributed by atoms with van der Waals surface area (Å²) in [6.45, 7) is 1.21. The minimum absolute atomic E-state index is 0.278. The molecule has 1 fully saturated rings. The van der Waals surface area contributed by atoms with E-state index in [4.69, 9.17) is 4.74 Å². The van der Waals surface area contributed by atoms with E-state index in [9.17, 15) is 30.0 Å². The molecule has 3 heterocycles. The van der Waals surface area contributed by atoms with Crippen LogP contribution in [0.1, 0.15) is 70.4 Å². The Morgan fingerprint density at radius 2 is 1.86 bits per heavy atom. The first kappa shape index (κ1) is 33.5. The molecule has 42 heavy (non-hydrogen) atoms. The van der Waals surface area contributed by atoms with Crippen molar-refractivity contribution in [1.29, 1.82) is 0 Å². The highest BCUT2D eigenvalue weighted by Gasteiger charge is 2.47. The van der Waals surface area contributed by atoms with Crippen molar-refractivity contribution in [3.63, 3.8) is 0 Å². The molecule has 12 heteroatoms. The quantitative estimate of drug-likeness (QED) is 0.0841. The predicted octanol–water partition coefficient (Wildman–Crippen LogP) is 1.89. The number of aliphatic hydroxyl groups excluding tert-OH is 4. The number of carbonyl (C=O) groups excluding carboxylic acids is 2. The van der Waals surface area contributed by atoms with Gasteiger partial charge in [0.05, 0.1) is 31.1 Å². The molecule has 12 nitrogen and oxygen atoms in total. The molecule has 3 rings (SSSR count). The number of ether oxygens (including phenoxy) is 1.